The topological polar surface area (TPSA) is 35.5 Å². The molecule has 2 atom stereocenters. The van der Waals surface area contributed by atoms with Gasteiger partial charge in [0.05, 0.1) is 6.10 Å². The molecular formula is C10H22N2O. The summed E-state index contributed by atoms with van der Waals surface area (Å²) in [6.07, 6.45) is 2.47. The minimum absolute atomic E-state index is 0.235. The lowest BCUT2D eigenvalue weighted by atomic mass is 10.3. The Morgan fingerprint density at radius 3 is 2.46 bits per heavy atom. The molecule has 1 heterocycles. The van der Waals surface area contributed by atoms with Crippen LogP contribution in [0.1, 0.15) is 26.7 Å². The lowest BCUT2D eigenvalue weighted by molar-refractivity contribution is 0.181. The zero-order valence-corrected chi connectivity index (χ0v) is 8.79. The molecule has 0 aromatic heterocycles. The number of nitrogens with zero attached hydrogens (tertiary/aromatic N) is 1. The molecule has 3 nitrogen and oxygen atoms in total. The number of nitrogens with one attached hydrogen (secondary N) is 1. The molecule has 0 aromatic rings. The Morgan fingerprint density at radius 2 is 1.92 bits per heavy atom. The van der Waals surface area contributed by atoms with E-state index >= 15 is 0 Å². The second kappa shape index (κ2) is 5.58. The summed E-state index contributed by atoms with van der Waals surface area (Å²) >= 11 is 0. The van der Waals surface area contributed by atoms with E-state index in [0.29, 0.717) is 12.6 Å². The summed E-state index contributed by atoms with van der Waals surface area (Å²) in [6, 6.07) is 0.493. The molecule has 0 spiro atoms. The molecule has 1 rings (SSSR count). The number of rotatable bonds is 5. The highest BCUT2D eigenvalue weighted by atomic mass is 16.3. The highest BCUT2D eigenvalue weighted by molar-refractivity contribution is 4.72. The zero-order valence-electron chi connectivity index (χ0n) is 8.79. The van der Waals surface area contributed by atoms with E-state index in [9.17, 15) is 0 Å². The number of hydrogen-bond donors (Lipinski definition) is 2. The predicted octanol–water partition coefficient (Wildman–Crippen LogP) is 0.441. The number of aliphatic hydroxyl groups is 1. The molecule has 1 aliphatic heterocycles. The highest BCUT2D eigenvalue weighted by Gasteiger charge is 2.14. The average Bonchev–Trinajstić information content (AvgIpc) is 2.53. The molecule has 0 radical (unpaired) electrons. The largest absolute Gasteiger partial charge is 0.392 e. The first-order chi connectivity index (χ1) is 6.18. The number of aliphatic hydroxyl groups excluding tert-OH is 1. The van der Waals surface area contributed by atoms with Crippen molar-refractivity contribution in [3.8, 4) is 0 Å². The van der Waals surface area contributed by atoms with Crippen molar-refractivity contribution in [3.05, 3.63) is 0 Å². The van der Waals surface area contributed by atoms with Gasteiger partial charge in [-0.2, -0.15) is 0 Å². The second-order valence-electron chi connectivity index (χ2n) is 4.17. The SMILES string of the molecule is CC(O)CNC(C)CN1CCCC1. The molecule has 2 unspecified atom stereocenters. The number of likely N-dealkylation sites (tertiary alicyclic amines) is 1. The Hall–Kier alpha value is -0.120. The van der Waals surface area contributed by atoms with Gasteiger partial charge in [-0.3, -0.25) is 0 Å². The maximum Gasteiger partial charge on any atom is 0.0636 e. The van der Waals surface area contributed by atoms with E-state index in [-0.39, 0.29) is 6.10 Å². The van der Waals surface area contributed by atoms with Gasteiger partial charge in [-0.25, -0.2) is 0 Å². The molecule has 13 heavy (non-hydrogen) atoms. The molecular weight excluding hydrogens is 164 g/mol. The minimum Gasteiger partial charge on any atom is -0.392 e. The standard InChI is InChI=1S/C10H22N2O/c1-9(11-7-10(2)13)8-12-5-3-4-6-12/h9-11,13H,3-8H2,1-2H3. The van der Waals surface area contributed by atoms with Crippen molar-refractivity contribution in [2.75, 3.05) is 26.2 Å². The first-order valence-corrected chi connectivity index (χ1v) is 5.32. The fourth-order valence-corrected chi connectivity index (χ4v) is 1.79. The van der Waals surface area contributed by atoms with Gasteiger partial charge < -0.3 is 15.3 Å². The minimum atomic E-state index is -0.235. The summed E-state index contributed by atoms with van der Waals surface area (Å²) in [5.74, 6) is 0. The van der Waals surface area contributed by atoms with Crippen molar-refractivity contribution in [1.82, 2.24) is 10.2 Å². The lowest BCUT2D eigenvalue weighted by Gasteiger charge is -2.21. The third-order valence-corrected chi connectivity index (χ3v) is 2.49. The molecule has 0 saturated carbocycles. The van der Waals surface area contributed by atoms with Crippen molar-refractivity contribution in [2.45, 2.75) is 38.8 Å². The lowest BCUT2D eigenvalue weighted by Crippen LogP contribution is -2.40. The molecule has 3 heteroatoms. The third kappa shape index (κ3) is 4.60. The van der Waals surface area contributed by atoms with Crippen LogP contribution in [-0.4, -0.2) is 48.3 Å². The van der Waals surface area contributed by atoms with Crippen LogP contribution in [-0.2, 0) is 0 Å². The van der Waals surface area contributed by atoms with Gasteiger partial charge in [0.2, 0.25) is 0 Å². The van der Waals surface area contributed by atoms with Crippen LogP contribution < -0.4 is 5.32 Å². The van der Waals surface area contributed by atoms with Gasteiger partial charge in [0.15, 0.2) is 0 Å². The van der Waals surface area contributed by atoms with Crippen LogP contribution in [0, 0.1) is 0 Å². The van der Waals surface area contributed by atoms with Crippen LogP contribution >= 0.6 is 0 Å². The molecule has 1 aliphatic rings. The predicted molar refractivity (Wildman–Crippen MR) is 54.8 cm³/mol. The van der Waals surface area contributed by atoms with Crippen LogP contribution in [0.4, 0.5) is 0 Å². The molecule has 0 bridgehead atoms. The summed E-state index contributed by atoms with van der Waals surface area (Å²) in [5.41, 5.74) is 0. The fraction of sp³-hybridized carbons (Fsp3) is 1.00. The summed E-state index contributed by atoms with van der Waals surface area (Å²) < 4.78 is 0. The monoisotopic (exact) mass is 186 g/mol. The molecule has 0 amide bonds. The van der Waals surface area contributed by atoms with Crippen molar-refractivity contribution >= 4 is 0 Å². The molecule has 1 saturated heterocycles. The van der Waals surface area contributed by atoms with Crippen molar-refractivity contribution in [3.63, 3.8) is 0 Å². The van der Waals surface area contributed by atoms with Crippen LogP contribution in [0.2, 0.25) is 0 Å². The Kier molecular flexibility index (Phi) is 4.70. The van der Waals surface area contributed by atoms with Gasteiger partial charge in [-0.15, -0.1) is 0 Å². The summed E-state index contributed by atoms with van der Waals surface area (Å²) in [6.45, 7) is 8.32. The van der Waals surface area contributed by atoms with Gasteiger partial charge in [0, 0.05) is 19.1 Å². The maximum atomic E-state index is 9.09. The summed E-state index contributed by atoms with van der Waals surface area (Å²) in [7, 11) is 0. The first kappa shape index (κ1) is 11.0. The normalized spacial score (nSPS) is 23.3. The van der Waals surface area contributed by atoms with E-state index in [4.69, 9.17) is 5.11 Å². The van der Waals surface area contributed by atoms with E-state index in [1.54, 1.807) is 0 Å². The third-order valence-electron chi connectivity index (χ3n) is 2.49. The second-order valence-corrected chi connectivity index (χ2v) is 4.17. The fourth-order valence-electron chi connectivity index (χ4n) is 1.79. The van der Waals surface area contributed by atoms with Crippen LogP contribution in [0.25, 0.3) is 0 Å². The van der Waals surface area contributed by atoms with E-state index < -0.39 is 0 Å². The van der Waals surface area contributed by atoms with Crippen LogP contribution in [0.3, 0.4) is 0 Å². The smallest absolute Gasteiger partial charge is 0.0636 e. The van der Waals surface area contributed by atoms with Gasteiger partial charge in [-0.05, 0) is 39.8 Å². The maximum absolute atomic E-state index is 9.09. The molecule has 78 valence electrons. The Morgan fingerprint density at radius 1 is 1.31 bits per heavy atom. The van der Waals surface area contributed by atoms with Gasteiger partial charge in [-0.1, -0.05) is 0 Å². The van der Waals surface area contributed by atoms with Crippen molar-refractivity contribution in [2.24, 2.45) is 0 Å². The molecule has 0 aromatic carbocycles. The zero-order chi connectivity index (χ0) is 9.68. The quantitative estimate of drug-likeness (QED) is 0.654. The van der Waals surface area contributed by atoms with Crippen molar-refractivity contribution in [1.29, 1.82) is 0 Å². The number of hydrogen-bond acceptors (Lipinski definition) is 3. The summed E-state index contributed by atoms with van der Waals surface area (Å²) in [4.78, 5) is 2.49. The Balaban J connectivity index is 2.05. The molecule has 0 aliphatic carbocycles. The molecule has 1 fully saturated rings. The Labute approximate surface area is 81.1 Å². The Bertz CT molecular complexity index is 133. The van der Waals surface area contributed by atoms with Crippen LogP contribution in [0.5, 0.6) is 0 Å². The highest BCUT2D eigenvalue weighted by Crippen LogP contribution is 2.07. The van der Waals surface area contributed by atoms with Gasteiger partial charge >= 0.3 is 0 Å². The van der Waals surface area contributed by atoms with E-state index in [2.05, 4.69) is 17.1 Å². The van der Waals surface area contributed by atoms with E-state index in [1.165, 1.54) is 25.9 Å². The molecule has 2 N–H and O–H groups in total. The first-order valence-electron chi connectivity index (χ1n) is 5.32. The van der Waals surface area contributed by atoms with E-state index in [1.807, 2.05) is 6.92 Å². The van der Waals surface area contributed by atoms with Gasteiger partial charge in [0.1, 0.15) is 0 Å². The van der Waals surface area contributed by atoms with Crippen LogP contribution in [0.15, 0.2) is 0 Å². The van der Waals surface area contributed by atoms with Gasteiger partial charge in [0.25, 0.3) is 0 Å². The van der Waals surface area contributed by atoms with Crippen molar-refractivity contribution < 1.29 is 5.11 Å². The summed E-state index contributed by atoms with van der Waals surface area (Å²) in [5, 5.41) is 12.4. The van der Waals surface area contributed by atoms with E-state index in [0.717, 1.165) is 6.54 Å². The average molecular weight is 186 g/mol.